The van der Waals surface area contributed by atoms with Crippen molar-refractivity contribution in [2.45, 2.75) is 45.4 Å². The van der Waals surface area contributed by atoms with Crippen molar-refractivity contribution >= 4 is 29.4 Å². The maximum absolute atomic E-state index is 12.0. The summed E-state index contributed by atoms with van der Waals surface area (Å²) in [5.74, 6) is -0.843. The zero-order valence-corrected chi connectivity index (χ0v) is 17.9. The molecule has 0 atom stereocenters. The molecule has 1 aliphatic rings. The number of ether oxygens (including phenoxy) is 1. The summed E-state index contributed by atoms with van der Waals surface area (Å²) in [5.41, 5.74) is 0.624. The standard InChI is InChI=1S/C21H24N4O6/c1-21(2,3)20-23-16(31-24-20)6-5-7-17(27)30-11-15(26)22-12-8-9-13-14(10-12)19(29)25(4)18(13)28/h8-10H,5-7,11H2,1-4H3,(H,22,26). The van der Waals surface area contributed by atoms with Gasteiger partial charge in [-0.2, -0.15) is 4.98 Å². The van der Waals surface area contributed by atoms with Crippen molar-refractivity contribution in [3.8, 4) is 0 Å². The van der Waals surface area contributed by atoms with Crippen molar-refractivity contribution < 1.29 is 28.4 Å². The number of nitrogens with one attached hydrogen (secondary N) is 1. The molecule has 0 fully saturated rings. The summed E-state index contributed by atoms with van der Waals surface area (Å²) < 4.78 is 10.1. The summed E-state index contributed by atoms with van der Waals surface area (Å²) in [6.45, 7) is 5.46. The summed E-state index contributed by atoms with van der Waals surface area (Å²) in [5, 5.41) is 6.47. The molecule has 0 unspecified atom stereocenters. The molecule has 1 aromatic carbocycles. The summed E-state index contributed by atoms with van der Waals surface area (Å²) in [6, 6.07) is 4.41. The van der Waals surface area contributed by atoms with E-state index in [1.165, 1.54) is 25.2 Å². The molecule has 3 rings (SSSR count). The minimum absolute atomic E-state index is 0.0995. The lowest BCUT2D eigenvalue weighted by Crippen LogP contribution is -2.24. The van der Waals surface area contributed by atoms with E-state index in [2.05, 4.69) is 15.5 Å². The number of benzene rings is 1. The average molecular weight is 428 g/mol. The minimum atomic E-state index is -0.551. The van der Waals surface area contributed by atoms with Crippen LogP contribution in [0.3, 0.4) is 0 Å². The first kappa shape index (κ1) is 22.1. The molecule has 1 aromatic heterocycles. The first-order valence-electron chi connectivity index (χ1n) is 9.81. The molecule has 10 nitrogen and oxygen atoms in total. The van der Waals surface area contributed by atoms with Gasteiger partial charge in [-0.25, -0.2) is 0 Å². The molecule has 0 radical (unpaired) electrons. The van der Waals surface area contributed by atoms with Crippen molar-refractivity contribution in [1.82, 2.24) is 15.0 Å². The lowest BCUT2D eigenvalue weighted by atomic mass is 9.96. The molecule has 0 bridgehead atoms. The van der Waals surface area contributed by atoms with Crippen LogP contribution in [-0.2, 0) is 26.2 Å². The van der Waals surface area contributed by atoms with Crippen LogP contribution in [-0.4, -0.2) is 52.4 Å². The molecule has 0 saturated carbocycles. The number of hydrogen-bond acceptors (Lipinski definition) is 8. The molecular weight excluding hydrogens is 404 g/mol. The van der Waals surface area contributed by atoms with Crippen LogP contribution >= 0.6 is 0 Å². The van der Waals surface area contributed by atoms with Crippen molar-refractivity contribution in [1.29, 1.82) is 0 Å². The van der Waals surface area contributed by atoms with Crippen LogP contribution in [0.2, 0.25) is 0 Å². The van der Waals surface area contributed by atoms with Gasteiger partial charge in [0.05, 0.1) is 11.1 Å². The van der Waals surface area contributed by atoms with Gasteiger partial charge in [0.15, 0.2) is 12.4 Å². The number of carbonyl (C=O) groups is 4. The van der Waals surface area contributed by atoms with E-state index in [1.807, 2.05) is 20.8 Å². The van der Waals surface area contributed by atoms with E-state index in [9.17, 15) is 19.2 Å². The van der Waals surface area contributed by atoms with Crippen LogP contribution < -0.4 is 5.32 Å². The van der Waals surface area contributed by atoms with Gasteiger partial charge < -0.3 is 14.6 Å². The topological polar surface area (TPSA) is 132 Å². The minimum Gasteiger partial charge on any atom is -0.456 e. The normalized spacial score (nSPS) is 13.4. The number of amides is 3. The predicted molar refractivity (Wildman–Crippen MR) is 108 cm³/mol. The smallest absolute Gasteiger partial charge is 0.306 e. The van der Waals surface area contributed by atoms with E-state index in [0.717, 1.165) is 4.90 Å². The van der Waals surface area contributed by atoms with Crippen LogP contribution in [0, 0.1) is 0 Å². The number of fused-ring (bicyclic) bond motifs is 1. The zero-order chi connectivity index (χ0) is 22.8. The van der Waals surface area contributed by atoms with Gasteiger partial charge in [-0.05, 0) is 24.6 Å². The second-order valence-electron chi connectivity index (χ2n) is 8.25. The molecule has 164 valence electrons. The van der Waals surface area contributed by atoms with Gasteiger partial charge in [-0.1, -0.05) is 25.9 Å². The Morgan fingerprint density at radius 1 is 1.16 bits per heavy atom. The van der Waals surface area contributed by atoms with Crippen LogP contribution in [0.5, 0.6) is 0 Å². The van der Waals surface area contributed by atoms with E-state index in [4.69, 9.17) is 9.26 Å². The van der Waals surface area contributed by atoms with Gasteiger partial charge in [0.2, 0.25) is 5.89 Å². The highest BCUT2D eigenvalue weighted by Crippen LogP contribution is 2.24. The summed E-state index contributed by atoms with van der Waals surface area (Å²) in [4.78, 5) is 53.1. The Balaban J connectivity index is 1.42. The van der Waals surface area contributed by atoms with Crippen LogP contribution in [0.4, 0.5) is 5.69 Å². The quantitative estimate of drug-likeness (QED) is 0.524. The number of carbonyl (C=O) groups excluding carboxylic acids is 4. The molecule has 2 heterocycles. The molecule has 1 N–H and O–H groups in total. The van der Waals surface area contributed by atoms with Gasteiger partial charge in [0.1, 0.15) is 0 Å². The van der Waals surface area contributed by atoms with Gasteiger partial charge >= 0.3 is 5.97 Å². The van der Waals surface area contributed by atoms with E-state index in [1.54, 1.807) is 0 Å². The maximum atomic E-state index is 12.0. The fourth-order valence-electron chi connectivity index (χ4n) is 2.90. The van der Waals surface area contributed by atoms with Crippen molar-refractivity contribution in [2.75, 3.05) is 19.0 Å². The Hall–Kier alpha value is -3.56. The second-order valence-corrected chi connectivity index (χ2v) is 8.25. The number of hydrogen-bond donors (Lipinski definition) is 1. The third-order valence-corrected chi connectivity index (χ3v) is 4.65. The predicted octanol–water partition coefficient (Wildman–Crippen LogP) is 2.10. The highest BCUT2D eigenvalue weighted by atomic mass is 16.5. The van der Waals surface area contributed by atoms with E-state index in [-0.39, 0.29) is 28.9 Å². The van der Waals surface area contributed by atoms with Gasteiger partial charge in [-0.15, -0.1) is 0 Å². The molecule has 2 aromatic rings. The first-order chi connectivity index (χ1) is 14.6. The molecular formula is C21H24N4O6. The Morgan fingerprint density at radius 2 is 1.87 bits per heavy atom. The number of nitrogens with zero attached hydrogens (tertiary/aromatic N) is 3. The monoisotopic (exact) mass is 428 g/mol. The number of rotatable bonds is 7. The zero-order valence-electron chi connectivity index (χ0n) is 17.9. The molecule has 0 aliphatic carbocycles. The summed E-state index contributed by atoms with van der Waals surface area (Å²) in [6.07, 6.45) is 0.976. The second kappa shape index (κ2) is 8.66. The largest absolute Gasteiger partial charge is 0.456 e. The SMILES string of the molecule is CN1C(=O)c2ccc(NC(=O)COC(=O)CCCc3nc(C(C)(C)C)no3)cc2C1=O. The van der Waals surface area contributed by atoms with Gasteiger partial charge in [0.25, 0.3) is 17.7 Å². The average Bonchev–Trinajstić information content (AvgIpc) is 3.27. The highest BCUT2D eigenvalue weighted by Gasteiger charge is 2.32. The Labute approximate surface area is 178 Å². The number of aromatic nitrogens is 2. The number of esters is 1. The van der Waals surface area contributed by atoms with Crippen molar-refractivity contribution in [3.05, 3.63) is 41.0 Å². The Bertz CT molecular complexity index is 1040. The maximum Gasteiger partial charge on any atom is 0.306 e. The summed E-state index contributed by atoms with van der Waals surface area (Å²) >= 11 is 0. The van der Waals surface area contributed by atoms with E-state index >= 15 is 0 Å². The third-order valence-electron chi connectivity index (χ3n) is 4.65. The molecule has 10 heteroatoms. The molecule has 1 aliphatic heterocycles. The summed E-state index contributed by atoms with van der Waals surface area (Å²) in [7, 11) is 1.39. The van der Waals surface area contributed by atoms with Gasteiger partial charge in [0, 0.05) is 31.0 Å². The Kier molecular flexibility index (Phi) is 6.19. The fraction of sp³-hybridized carbons (Fsp3) is 0.429. The number of anilines is 1. The lowest BCUT2D eigenvalue weighted by molar-refractivity contribution is -0.147. The molecule has 0 saturated heterocycles. The fourth-order valence-corrected chi connectivity index (χ4v) is 2.90. The van der Waals surface area contributed by atoms with E-state index in [0.29, 0.717) is 30.2 Å². The number of aryl methyl sites for hydroxylation is 1. The van der Waals surface area contributed by atoms with Crippen molar-refractivity contribution in [2.24, 2.45) is 0 Å². The van der Waals surface area contributed by atoms with Gasteiger partial charge in [-0.3, -0.25) is 24.1 Å². The molecule has 0 spiro atoms. The van der Waals surface area contributed by atoms with Crippen LogP contribution in [0.25, 0.3) is 0 Å². The lowest BCUT2D eigenvalue weighted by Gasteiger charge is -2.10. The highest BCUT2D eigenvalue weighted by molar-refractivity contribution is 6.21. The number of imide groups is 1. The van der Waals surface area contributed by atoms with Crippen molar-refractivity contribution in [3.63, 3.8) is 0 Å². The third kappa shape index (κ3) is 5.14. The first-order valence-corrected chi connectivity index (χ1v) is 9.81. The Morgan fingerprint density at radius 3 is 2.55 bits per heavy atom. The van der Waals surface area contributed by atoms with Crippen LogP contribution in [0.1, 0.15) is 66.0 Å². The van der Waals surface area contributed by atoms with E-state index < -0.39 is 24.4 Å². The molecule has 3 amide bonds. The molecule has 31 heavy (non-hydrogen) atoms. The van der Waals surface area contributed by atoms with Crippen LogP contribution in [0.15, 0.2) is 22.7 Å².